The summed E-state index contributed by atoms with van der Waals surface area (Å²) < 4.78 is 17.4. The number of methoxy groups -OCH3 is 1. The molecule has 2 aromatic heterocycles. The zero-order valence-electron chi connectivity index (χ0n) is 31.7. The minimum Gasteiger partial charge on any atom is -0.429 e. The zero-order chi connectivity index (χ0) is 42.1. The third-order valence-electron chi connectivity index (χ3n) is 8.40. The molecule has 0 radical (unpaired) electrons. The molecule has 0 N–H and O–H groups in total. The Labute approximate surface area is 341 Å². The first kappa shape index (κ1) is 42.9. The van der Waals surface area contributed by atoms with Crippen molar-refractivity contribution in [2.45, 2.75) is 52.6 Å². The van der Waals surface area contributed by atoms with E-state index in [1.54, 1.807) is 31.4 Å². The molecule has 0 bridgehead atoms. The number of ether oxygens (including phenoxy) is 3. The minimum absolute atomic E-state index is 0.117. The minimum atomic E-state index is -0.878. The summed E-state index contributed by atoms with van der Waals surface area (Å²) in [7, 11) is 1.64. The number of imidazole rings is 1. The van der Waals surface area contributed by atoms with E-state index < -0.39 is 16.3 Å². The summed E-state index contributed by atoms with van der Waals surface area (Å²) in [6.45, 7) is 3.10. The zero-order valence-corrected chi connectivity index (χ0v) is 32.5. The summed E-state index contributed by atoms with van der Waals surface area (Å²) in [6, 6.07) is 28.0. The molecule has 0 atom stereocenters. The Morgan fingerprint density at radius 1 is 0.814 bits per heavy atom. The van der Waals surface area contributed by atoms with Crippen molar-refractivity contribution in [2.24, 2.45) is 0 Å². The number of carbonyl (C=O) groups is 2. The molecule has 4 aromatic carbocycles. The van der Waals surface area contributed by atoms with Crippen molar-refractivity contribution in [2.75, 3.05) is 7.11 Å². The van der Waals surface area contributed by atoms with Crippen LogP contribution in [0.4, 0.5) is 4.79 Å². The van der Waals surface area contributed by atoms with Gasteiger partial charge in [0.15, 0.2) is 5.15 Å². The van der Waals surface area contributed by atoms with Crippen LogP contribution in [0.1, 0.15) is 48.0 Å². The number of benzene rings is 4. The van der Waals surface area contributed by atoms with E-state index in [9.17, 15) is 29.8 Å². The predicted octanol–water partition coefficient (Wildman–Crippen LogP) is 7.08. The van der Waals surface area contributed by atoms with Gasteiger partial charge in [0.25, 0.3) is 16.6 Å². The topological polar surface area (TPSA) is 228 Å². The molecule has 59 heavy (non-hydrogen) atoms. The summed E-state index contributed by atoms with van der Waals surface area (Å²) in [6.07, 6.45) is 2.04. The third-order valence-corrected chi connectivity index (χ3v) is 8.70. The number of hydrogen-bond acceptors (Lipinski definition) is 15. The number of tetrazole rings is 1. The van der Waals surface area contributed by atoms with Gasteiger partial charge in [-0.15, -0.1) is 30.4 Å². The summed E-state index contributed by atoms with van der Waals surface area (Å²) in [5.41, 5.74) is 5.57. The van der Waals surface area contributed by atoms with E-state index in [0.29, 0.717) is 47.2 Å². The van der Waals surface area contributed by atoms with Crippen LogP contribution in [0.15, 0.2) is 97.1 Å². The van der Waals surface area contributed by atoms with E-state index in [1.807, 2.05) is 36.4 Å². The maximum atomic E-state index is 12.7. The van der Waals surface area contributed by atoms with E-state index in [0.717, 1.165) is 52.3 Å². The van der Waals surface area contributed by atoms with Gasteiger partial charge in [-0.3, -0.25) is 4.79 Å². The maximum Gasteiger partial charge on any atom is 0.459 e. The van der Waals surface area contributed by atoms with Gasteiger partial charge in [-0.2, -0.15) is 0 Å². The molecule has 0 spiro atoms. The average molecular weight is 829 g/mol. The van der Waals surface area contributed by atoms with Gasteiger partial charge in [-0.1, -0.05) is 103 Å². The molecule has 0 fully saturated rings. The second-order valence-corrected chi connectivity index (χ2v) is 12.8. The molecule has 0 aliphatic carbocycles. The van der Waals surface area contributed by atoms with Gasteiger partial charge < -0.3 is 28.5 Å². The van der Waals surface area contributed by atoms with Gasteiger partial charge in [0.1, 0.15) is 30.5 Å². The van der Waals surface area contributed by atoms with Crippen molar-refractivity contribution in [3.8, 4) is 34.0 Å². The lowest BCUT2D eigenvalue weighted by molar-refractivity contribution is -0.763. The van der Waals surface area contributed by atoms with Crippen molar-refractivity contribution < 1.29 is 43.6 Å². The summed E-state index contributed by atoms with van der Waals surface area (Å²) in [5, 5.41) is 31.2. The molecule has 2 heterocycles. The number of halogens is 1. The lowest BCUT2D eigenvalue weighted by atomic mass is 9.98. The summed E-state index contributed by atoms with van der Waals surface area (Å²) >= 11 is 6.46. The van der Waals surface area contributed by atoms with Gasteiger partial charge in [0, 0.05) is 25.6 Å². The SMILES string of the molecule is CCCCc1nc(Cl)c(COC)n1Cc1ccc(-c2ccccc2-c2nnn(C(=O)Oc3ccc(CO[N+](=O)[O-])cc3)n2)cc1.O=COc1ccc(CO[N+](=O)[O-])cc1. The molecule has 0 amide bonds. The number of rotatable bonds is 18. The van der Waals surface area contributed by atoms with Gasteiger partial charge >= 0.3 is 6.09 Å². The third kappa shape index (κ3) is 12.4. The maximum absolute atomic E-state index is 12.7. The fraction of sp³-hybridized carbons (Fsp3) is 0.231. The van der Waals surface area contributed by atoms with Crippen LogP contribution in [-0.4, -0.2) is 59.6 Å². The molecular weight excluding hydrogens is 792 g/mol. The monoisotopic (exact) mass is 828 g/mol. The highest BCUT2D eigenvalue weighted by Crippen LogP contribution is 2.31. The Hall–Kier alpha value is -7.25. The standard InChI is InChI=1S/C31H30ClN7O6.C8H7NO5/c1-3-4-9-28-33-29(32)27(20-43-2)37(28)18-21-10-14-23(15-11-21)25-7-5-6-8-26(25)30-34-36-38(35-30)31(40)45-24-16-12-22(13-17-24)19-44-39(41)42;10-6-13-8-3-1-7(2-4-8)5-14-9(11)12/h5-8,10-17H,3-4,9,18-20H2,1-2H3;1-4,6H,5H2. The van der Waals surface area contributed by atoms with Crippen LogP contribution in [0.2, 0.25) is 5.15 Å². The van der Waals surface area contributed by atoms with Crippen molar-refractivity contribution in [3.63, 3.8) is 0 Å². The molecule has 6 rings (SSSR count). The second-order valence-electron chi connectivity index (χ2n) is 12.4. The van der Waals surface area contributed by atoms with Crippen molar-refractivity contribution in [1.82, 2.24) is 29.8 Å². The molecule has 0 saturated heterocycles. The van der Waals surface area contributed by atoms with Crippen LogP contribution in [0.5, 0.6) is 11.5 Å². The smallest absolute Gasteiger partial charge is 0.429 e. The van der Waals surface area contributed by atoms with E-state index in [-0.39, 0.29) is 24.8 Å². The number of nitrogens with zero attached hydrogens (tertiary/aromatic N) is 8. The Balaban J connectivity index is 0.000000400. The lowest BCUT2D eigenvalue weighted by Crippen LogP contribution is -2.19. The molecule has 6 aromatic rings. The Kier molecular flexibility index (Phi) is 15.5. The van der Waals surface area contributed by atoms with Crippen LogP contribution in [0.25, 0.3) is 22.5 Å². The highest BCUT2D eigenvalue weighted by molar-refractivity contribution is 6.30. The van der Waals surface area contributed by atoms with E-state index in [2.05, 4.69) is 58.4 Å². The van der Waals surface area contributed by atoms with Crippen molar-refractivity contribution >= 4 is 24.2 Å². The highest BCUT2D eigenvalue weighted by atomic mass is 35.5. The molecule has 306 valence electrons. The molecular formula is C39H37ClN8O11. The number of aryl methyl sites for hydroxylation is 1. The average Bonchev–Trinajstić information content (AvgIpc) is 3.85. The van der Waals surface area contributed by atoms with Gasteiger partial charge in [0.2, 0.25) is 5.82 Å². The van der Waals surface area contributed by atoms with Crippen molar-refractivity contribution in [3.05, 3.63) is 151 Å². The van der Waals surface area contributed by atoms with Crippen LogP contribution in [-0.2, 0) is 52.0 Å². The van der Waals surface area contributed by atoms with E-state index >= 15 is 0 Å². The van der Waals surface area contributed by atoms with Gasteiger partial charge in [-0.25, -0.2) is 9.78 Å². The Morgan fingerprint density at radius 2 is 1.41 bits per heavy atom. The normalized spacial score (nSPS) is 10.6. The molecule has 0 saturated carbocycles. The Bertz CT molecular complexity index is 2330. The number of carbonyl (C=O) groups excluding carboxylic acids is 2. The van der Waals surface area contributed by atoms with Crippen LogP contribution in [0.3, 0.4) is 0 Å². The first-order chi connectivity index (χ1) is 28.6. The number of aromatic nitrogens is 6. The molecule has 0 aliphatic heterocycles. The van der Waals surface area contributed by atoms with E-state index in [1.165, 1.54) is 24.3 Å². The number of hydrogen-bond donors (Lipinski definition) is 0. The first-order valence-electron chi connectivity index (χ1n) is 17.8. The highest BCUT2D eigenvalue weighted by Gasteiger charge is 2.19. The van der Waals surface area contributed by atoms with E-state index in [4.69, 9.17) is 21.1 Å². The molecule has 20 heteroatoms. The first-order valence-corrected chi connectivity index (χ1v) is 18.2. The second kappa shape index (κ2) is 21.3. The summed E-state index contributed by atoms with van der Waals surface area (Å²) in [4.78, 5) is 56.7. The predicted molar refractivity (Wildman–Crippen MR) is 209 cm³/mol. The van der Waals surface area contributed by atoms with Crippen LogP contribution in [0, 0.1) is 20.2 Å². The van der Waals surface area contributed by atoms with Crippen LogP contribution < -0.4 is 9.47 Å². The van der Waals surface area contributed by atoms with Crippen LogP contribution >= 0.6 is 11.6 Å². The molecule has 0 aliphatic rings. The number of unbranched alkanes of at least 4 members (excludes halogenated alkanes) is 1. The summed E-state index contributed by atoms with van der Waals surface area (Å²) in [5.74, 6) is 1.77. The molecule has 0 unspecified atom stereocenters. The van der Waals surface area contributed by atoms with Gasteiger partial charge in [-0.05, 0) is 63.7 Å². The van der Waals surface area contributed by atoms with Gasteiger partial charge in [0.05, 0.1) is 12.3 Å². The largest absolute Gasteiger partial charge is 0.459 e. The molecule has 19 nitrogen and oxygen atoms in total. The Morgan fingerprint density at radius 3 is 1.98 bits per heavy atom. The fourth-order valence-electron chi connectivity index (χ4n) is 5.56. The van der Waals surface area contributed by atoms with Crippen molar-refractivity contribution in [1.29, 1.82) is 0 Å². The fourth-order valence-corrected chi connectivity index (χ4v) is 5.82. The lowest BCUT2D eigenvalue weighted by Gasteiger charge is -2.13. The quantitative estimate of drug-likeness (QED) is 0.0479.